The van der Waals surface area contributed by atoms with Crippen LogP contribution in [0, 0.1) is 0 Å². The Morgan fingerprint density at radius 1 is 0.833 bits per heavy atom. The number of fused-ring (bicyclic) bond motifs is 2. The molecule has 24 heavy (non-hydrogen) atoms. The van der Waals surface area contributed by atoms with E-state index >= 15 is 0 Å². The molecule has 0 aliphatic rings. The van der Waals surface area contributed by atoms with Gasteiger partial charge in [-0.2, -0.15) is 0 Å². The number of hydrogen-bond donors (Lipinski definition) is 0. The van der Waals surface area contributed by atoms with Gasteiger partial charge in [0.25, 0.3) is 0 Å². The Balaban J connectivity index is 1.84. The maximum atomic E-state index is 12.7. The van der Waals surface area contributed by atoms with E-state index in [0.29, 0.717) is 12.2 Å². The standard InChI is InChI=1S/C22H24O2/c1-2-3-4-5-10-15-24-22(23)21-19-13-8-6-11-17(19)16-18-12-7-9-14-20(18)21/h6-9,11-14,16H,2-5,10,15H2,1H3. The fourth-order valence-electron chi connectivity index (χ4n) is 3.18. The average molecular weight is 320 g/mol. The van der Waals surface area contributed by atoms with Crippen LogP contribution in [0.4, 0.5) is 0 Å². The van der Waals surface area contributed by atoms with E-state index in [-0.39, 0.29) is 5.97 Å². The van der Waals surface area contributed by atoms with Crippen molar-refractivity contribution in [3.63, 3.8) is 0 Å². The van der Waals surface area contributed by atoms with Crippen LogP contribution < -0.4 is 0 Å². The quantitative estimate of drug-likeness (QED) is 0.298. The molecule has 0 fully saturated rings. The molecular weight excluding hydrogens is 296 g/mol. The monoisotopic (exact) mass is 320 g/mol. The first-order valence-electron chi connectivity index (χ1n) is 8.89. The number of carbonyl (C=O) groups is 1. The molecule has 0 spiro atoms. The van der Waals surface area contributed by atoms with Gasteiger partial charge in [0.1, 0.15) is 0 Å². The highest BCUT2D eigenvalue weighted by Gasteiger charge is 2.15. The van der Waals surface area contributed by atoms with Gasteiger partial charge in [-0.25, -0.2) is 4.79 Å². The van der Waals surface area contributed by atoms with E-state index in [1.165, 1.54) is 19.3 Å². The maximum absolute atomic E-state index is 12.7. The molecule has 0 aliphatic carbocycles. The van der Waals surface area contributed by atoms with Crippen LogP contribution in [0.5, 0.6) is 0 Å². The van der Waals surface area contributed by atoms with Crippen molar-refractivity contribution in [2.75, 3.05) is 6.61 Å². The predicted molar refractivity (Wildman–Crippen MR) is 100 cm³/mol. The number of benzene rings is 3. The molecule has 2 nitrogen and oxygen atoms in total. The Hall–Kier alpha value is -2.35. The van der Waals surface area contributed by atoms with Crippen molar-refractivity contribution in [3.05, 3.63) is 60.2 Å². The SMILES string of the molecule is CCCCCCCOC(=O)c1c2ccccc2cc2ccccc12. The lowest BCUT2D eigenvalue weighted by molar-refractivity contribution is 0.0502. The lowest BCUT2D eigenvalue weighted by Crippen LogP contribution is -2.08. The first-order valence-corrected chi connectivity index (χ1v) is 8.89. The second-order valence-corrected chi connectivity index (χ2v) is 6.24. The third-order valence-corrected chi connectivity index (χ3v) is 4.46. The summed E-state index contributed by atoms with van der Waals surface area (Å²) >= 11 is 0. The summed E-state index contributed by atoms with van der Waals surface area (Å²) in [5.74, 6) is -0.210. The molecule has 2 heteroatoms. The van der Waals surface area contributed by atoms with Crippen LogP contribution in [0.2, 0.25) is 0 Å². The molecule has 0 radical (unpaired) electrons. The Morgan fingerprint density at radius 2 is 1.42 bits per heavy atom. The molecular formula is C22H24O2. The number of ether oxygens (including phenoxy) is 1. The first kappa shape index (κ1) is 16.5. The molecule has 0 amide bonds. The fraction of sp³-hybridized carbons (Fsp3) is 0.318. The molecule has 0 heterocycles. The molecule has 3 aromatic carbocycles. The van der Waals surface area contributed by atoms with Gasteiger partial charge in [-0.05, 0) is 34.0 Å². The highest BCUT2D eigenvalue weighted by Crippen LogP contribution is 2.29. The van der Waals surface area contributed by atoms with Crippen molar-refractivity contribution >= 4 is 27.5 Å². The van der Waals surface area contributed by atoms with Gasteiger partial charge in [0.15, 0.2) is 0 Å². The minimum atomic E-state index is -0.210. The van der Waals surface area contributed by atoms with Crippen LogP contribution in [0.3, 0.4) is 0 Å². The zero-order valence-corrected chi connectivity index (χ0v) is 14.3. The number of rotatable bonds is 7. The Bertz CT molecular complexity index is 782. The van der Waals surface area contributed by atoms with Crippen molar-refractivity contribution < 1.29 is 9.53 Å². The number of esters is 1. The Kier molecular flexibility index (Phi) is 5.47. The van der Waals surface area contributed by atoms with Crippen LogP contribution in [0.1, 0.15) is 49.4 Å². The predicted octanol–water partition coefficient (Wildman–Crippen LogP) is 6.12. The van der Waals surface area contributed by atoms with Gasteiger partial charge >= 0.3 is 5.97 Å². The van der Waals surface area contributed by atoms with Gasteiger partial charge in [0, 0.05) is 0 Å². The van der Waals surface area contributed by atoms with E-state index in [1.807, 2.05) is 48.5 Å². The molecule has 0 bridgehead atoms. The Labute approximate surface area is 143 Å². The third-order valence-electron chi connectivity index (χ3n) is 4.46. The topological polar surface area (TPSA) is 26.3 Å². The lowest BCUT2D eigenvalue weighted by atomic mass is 9.97. The number of unbranched alkanes of at least 4 members (excludes halogenated alkanes) is 4. The largest absolute Gasteiger partial charge is 0.462 e. The molecule has 0 aliphatic heterocycles. The van der Waals surface area contributed by atoms with Gasteiger partial charge in [-0.1, -0.05) is 81.1 Å². The smallest absolute Gasteiger partial charge is 0.339 e. The van der Waals surface area contributed by atoms with E-state index in [2.05, 4.69) is 13.0 Å². The second-order valence-electron chi connectivity index (χ2n) is 6.24. The van der Waals surface area contributed by atoms with Gasteiger partial charge in [-0.3, -0.25) is 0 Å². The molecule has 124 valence electrons. The van der Waals surface area contributed by atoms with Crippen LogP contribution in [0.25, 0.3) is 21.5 Å². The summed E-state index contributed by atoms with van der Waals surface area (Å²) in [6.45, 7) is 2.70. The lowest BCUT2D eigenvalue weighted by Gasteiger charge is -2.11. The molecule has 0 unspecified atom stereocenters. The minimum absolute atomic E-state index is 0.210. The molecule has 0 N–H and O–H groups in total. The van der Waals surface area contributed by atoms with Gasteiger partial charge in [0.2, 0.25) is 0 Å². The summed E-state index contributed by atoms with van der Waals surface area (Å²) in [5, 5.41) is 4.08. The van der Waals surface area contributed by atoms with Gasteiger partial charge in [0.05, 0.1) is 12.2 Å². The second kappa shape index (κ2) is 7.96. The van der Waals surface area contributed by atoms with E-state index in [9.17, 15) is 4.79 Å². The van der Waals surface area contributed by atoms with Crippen molar-refractivity contribution in [3.8, 4) is 0 Å². The fourth-order valence-corrected chi connectivity index (χ4v) is 3.18. The zero-order chi connectivity index (χ0) is 16.8. The minimum Gasteiger partial charge on any atom is -0.462 e. The van der Waals surface area contributed by atoms with Crippen molar-refractivity contribution in [2.45, 2.75) is 39.0 Å². The molecule has 3 aromatic rings. The van der Waals surface area contributed by atoms with Crippen molar-refractivity contribution in [1.82, 2.24) is 0 Å². The first-order chi connectivity index (χ1) is 11.8. The third kappa shape index (κ3) is 3.59. The summed E-state index contributed by atoms with van der Waals surface area (Å²) in [6, 6.07) is 18.2. The number of hydrogen-bond acceptors (Lipinski definition) is 2. The van der Waals surface area contributed by atoms with E-state index < -0.39 is 0 Å². The van der Waals surface area contributed by atoms with E-state index in [4.69, 9.17) is 4.74 Å². The highest BCUT2D eigenvalue weighted by atomic mass is 16.5. The zero-order valence-electron chi connectivity index (χ0n) is 14.3. The van der Waals surface area contributed by atoms with Crippen LogP contribution in [-0.2, 0) is 4.74 Å². The van der Waals surface area contributed by atoms with Crippen LogP contribution in [-0.4, -0.2) is 12.6 Å². The van der Waals surface area contributed by atoms with Crippen LogP contribution >= 0.6 is 0 Å². The maximum Gasteiger partial charge on any atom is 0.339 e. The molecule has 0 aromatic heterocycles. The van der Waals surface area contributed by atoms with Crippen molar-refractivity contribution in [2.24, 2.45) is 0 Å². The number of carbonyl (C=O) groups excluding carboxylic acids is 1. The average Bonchev–Trinajstić information content (AvgIpc) is 2.62. The van der Waals surface area contributed by atoms with E-state index in [0.717, 1.165) is 34.4 Å². The van der Waals surface area contributed by atoms with Crippen molar-refractivity contribution in [1.29, 1.82) is 0 Å². The Morgan fingerprint density at radius 3 is 2.04 bits per heavy atom. The van der Waals surface area contributed by atoms with Crippen LogP contribution in [0.15, 0.2) is 54.6 Å². The molecule has 0 saturated carbocycles. The van der Waals surface area contributed by atoms with Gasteiger partial charge < -0.3 is 4.74 Å². The molecule has 3 rings (SSSR count). The summed E-state index contributed by atoms with van der Waals surface area (Å²) < 4.78 is 5.59. The van der Waals surface area contributed by atoms with Gasteiger partial charge in [-0.15, -0.1) is 0 Å². The summed E-state index contributed by atoms with van der Waals surface area (Å²) in [7, 11) is 0. The normalized spacial score (nSPS) is 11.0. The summed E-state index contributed by atoms with van der Waals surface area (Å²) in [5.41, 5.74) is 0.692. The molecule has 0 atom stereocenters. The van der Waals surface area contributed by atoms with E-state index in [1.54, 1.807) is 0 Å². The summed E-state index contributed by atoms with van der Waals surface area (Å²) in [4.78, 5) is 12.7. The summed E-state index contributed by atoms with van der Waals surface area (Å²) in [6.07, 6.45) is 5.75. The molecule has 0 saturated heterocycles. The highest BCUT2D eigenvalue weighted by molar-refractivity contribution is 6.16.